The Labute approximate surface area is 138 Å². The maximum absolute atomic E-state index is 11.8. The summed E-state index contributed by atoms with van der Waals surface area (Å²) in [5.74, 6) is -2.04. The van der Waals surface area contributed by atoms with Crippen LogP contribution in [0, 0.1) is 0 Å². The van der Waals surface area contributed by atoms with Gasteiger partial charge in [-0.25, -0.2) is 18.0 Å². The Morgan fingerprint density at radius 3 is 1.67 bits per heavy atom. The monoisotopic (exact) mass is 361 g/mol. The zero-order chi connectivity index (χ0) is 18.5. The molecule has 0 aliphatic heterocycles. The Hall–Kier alpha value is -2.01. The van der Waals surface area contributed by atoms with Crippen LogP contribution in [0.4, 0.5) is 0 Å². The van der Waals surface area contributed by atoms with Crippen molar-refractivity contribution >= 4 is 22.1 Å². The molecule has 9 nitrogen and oxygen atoms in total. The lowest BCUT2D eigenvalue weighted by atomic mass is 10.1. The second kappa shape index (κ2) is 8.20. The van der Waals surface area contributed by atoms with Gasteiger partial charge in [-0.15, -0.1) is 0 Å². The Balaban J connectivity index is 3.18. The third-order valence-corrected chi connectivity index (χ3v) is 3.39. The van der Waals surface area contributed by atoms with Crippen molar-refractivity contribution in [3.63, 3.8) is 0 Å². The fourth-order valence-corrected chi connectivity index (χ4v) is 2.08. The summed E-state index contributed by atoms with van der Waals surface area (Å²) in [7, 11) is -4.94. The van der Waals surface area contributed by atoms with Crippen LogP contribution >= 0.6 is 0 Å². The van der Waals surface area contributed by atoms with Gasteiger partial charge in [0.1, 0.15) is 23.3 Å². The van der Waals surface area contributed by atoms with E-state index in [1.165, 1.54) is 13.8 Å². The van der Waals surface area contributed by atoms with E-state index in [2.05, 4.69) is 0 Å². The van der Waals surface area contributed by atoms with Gasteiger partial charge >= 0.3 is 11.9 Å². The minimum Gasteiger partial charge on any atom is -0.744 e. The number of rotatable bonds is 7. The van der Waals surface area contributed by atoms with Crippen molar-refractivity contribution in [3.8, 4) is 0 Å². The molecule has 0 radical (unpaired) electrons. The molecule has 0 fully saturated rings. The number of carbonyl (C=O) groups excluding carboxylic acids is 2. The van der Waals surface area contributed by atoms with Crippen molar-refractivity contribution in [2.45, 2.75) is 31.0 Å². The first-order valence-corrected chi connectivity index (χ1v) is 8.23. The molecule has 1 aromatic carbocycles. The zero-order valence-electron chi connectivity index (χ0n) is 13.0. The third kappa shape index (κ3) is 6.24. The van der Waals surface area contributed by atoms with E-state index in [9.17, 15) is 22.6 Å². The molecule has 24 heavy (non-hydrogen) atoms. The molecular formula is C14H17O9S-. The molecule has 0 aliphatic rings. The highest BCUT2D eigenvalue weighted by atomic mass is 32.2. The van der Waals surface area contributed by atoms with Gasteiger partial charge in [0.15, 0.2) is 0 Å². The van der Waals surface area contributed by atoms with E-state index in [1.54, 1.807) is 0 Å². The van der Waals surface area contributed by atoms with Crippen molar-refractivity contribution < 1.29 is 42.2 Å². The van der Waals surface area contributed by atoms with Gasteiger partial charge in [-0.05, 0) is 32.0 Å². The molecule has 0 saturated carbocycles. The van der Waals surface area contributed by atoms with E-state index in [-0.39, 0.29) is 24.3 Å². The van der Waals surface area contributed by atoms with Crippen LogP contribution in [-0.4, -0.2) is 60.5 Å². The summed E-state index contributed by atoms with van der Waals surface area (Å²) < 4.78 is 42.9. The Bertz CT molecular complexity index is 665. The summed E-state index contributed by atoms with van der Waals surface area (Å²) >= 11 is 0. The summed E-state index contributed by atoms with van der Waals surface area (Å²) in [6, 6.07) is 2.51. The number of ether oxygens (including phenoxy) is 2. The van der Waals surface area contributed by atoms with E-state index >= 15 is 0 Å². The second-order valence-electron chi connectivity index (χ2n) is 5.10. The largest absolute Gasteiger partial charge is 0.744 e. The number of aliphatic hydroxyl groups is 2. The van der Waals surface area contributed by atoms with Gasteiger partial charge in [0.25, 0.3) is 0 Å². The molecule has 1 rings (SSSR count). The average molecular weight is 361 g/mol. The van der Waals surface area contributed by atoms with Gasteiger partial charge in [0.2, 0.25) is 0 Å². The van der Waals surface area contributed by atoms with E-state index < -0.39 is 39.2 Å². The Morgan fingerprint density at radius 1 is 1.00 bits per heavy atom. The molecule has 0 aromatic heterocycles. The van der Waals surface area contributed by atoms with Crippen molar-refractivity contribution in [2.75, 3.05) is 13.2 Å². The summed E-state index contributed by atoms with van der Waals surface area (Å²) in [5.41, 5.74) is -0.729. The van der Waals surface area contributed by atoms with Crippen molar-refractivity contribution in [1.82, 2.24) is 0 Å². The van der Waals surface area contributed by atoms with Gasteiger partial charge in [-0.1, -0.05) is 0 Å². The van der Waals surface area contributed by atoms with Gasteiger partial charge in [-0.2, -0.15) is 0 Å². The highest BCUT2D eigenvalue weighted by Crippen LogP contribution is 2.17. The number of carbonyl (C=O) groups is 2. The smallest absolute Gasteiger partial charge is 0.338 e. The van der Waals surface area contributed by atoms with Crippen molar-refractivity contribution in [2.24, 2.45) is 0 Å². The van der Waals surface area contributed by atoms with E-state index in [0.29, 0.717) is 0 Å². The summed E-state index contributed by atoms with van der Waals surface area (Å²) in [5, 5.41) is 18.2. The molecule has 0 aliphatic carbocycles. The predicted octanol–water partition coefficient (Wildman–Crippen LogP) is -0.334. The number of hydrogen-bond donors (Lipinski definition) is 2. The maximum Gasteiger partial charge on any atom is 0.338 e. The van der Waals surface area contributed by atoms with Gasteiger partial charge < -0.3 is 24.2 Å². The Kier molecular flexibility index (Phi) is 6.84. The van der Waals surface area contributed by atoms with Gasteiger partial charge in [0.05, 0.1) is 28.2 Å². The molecule has 0 saturated heterocycles. The molecule has 10 heteroatoms. The van der Waals surface area contributed by atoms with Crippen LogP contribution in [0.5, 0.6) is 0 Å². The van der Waals surface area contributed by atoms with Gasteiger partial charge in [-0.3, -0.25) is 0 Å². The van der Waals surface area contributed by atoms with Crippen LogP contribution < -0.4 is 0 Å². The number of aliphatic hydroxyl groups excluding tert-OH is 2. The molecule has 134 valence electrons. The van der Waals surface area contributed by atoms with Crippen LogP contribution in [0.15, 0.2) is 23.1 Å². The molecule has 0 heterocycles. The summed E-state index contributed by atoms with van der Waals surface area (Å²) in [6.07, 6.45) is -1.90. The second-order valence-corrected chi connectivity index (χ2v) is 6.47. The number of esters is 2. The highest BCUT2D eigenvalue weighted by Gasteiger charge is 2.18. The molecule has 2 unspecified atom stereocenters. The Morgan fingerprint density at radius 2 is 1.38 bits per heavy atom. The maximum atomic E-state index is 11.8. The number of hydrogen-bond acceptors (Lipinski definition) is 9. The minimum atomic E-state index is -4.94. The van der Waals surface area contributed by atoms with Crippen LogP contribution in [0.1, 0.15) is 34.6 Å². The van der Waals surface area contributed by atoms with Crippen LogP contribution in [0.3, 0.4) is 0 Å². The van der Waals surface area contributed by atoms with Crippen molar-refractivity contribution in [3.05, 3.63) is 29.3 Å². The standard InChI is InChI=1S/C14H18O9S/c1-8(15)6-22-13(17)10-3-11(14(18)23-7-9(2)16)5-12(4-10)24(19,20)21/h3-5,8-9,15-16H,6-7H2,1-2H3,(H,19,20,21)/p-1. The number of benzene rings is 1. The molecule has 0 spiro atoms. The van der Waals surface area contributed by atoms with E-state index in [4.69, 9.17) is 19.7 Å². The molecule has 1 aromatic rings. The van der Waals surface area contributed by atoms with E-state index in [1.807, 2.05) is 0 Å². The molecule has 0 bridgehead atoms. The first-order valence-electron chi connectivity index (χ1n) is 6.82. The van der Waals surface area contributed by atoms with E-state index in [0.717, 1.165) is 18.2 Å². The van der Waals surface area contributed by atoms with Crippen LogP contribution in [0.25, 0.3) is 0 Å². The SMILES string of the molecule is CC(O)COC(=O)c1cc(C(=O)OCC(C)O)cc(S(=O)(=O)[O-])c1. The fraction of sp³-hybridized carbons (Fsp3) is 0.429. The predicted molar refractivity (Wildman–Crippen MR) is 78.3 cm³/mol. The topological polar surface area (TPSA) is 150 Å². The molecule has 2 N–H and O–H groups in total. The molecular weight excluding hydrogens is 344 g/mol. The lowest BCUT2D eigenvalue weighted by Crippen LogP contribution is -2.18. The lowest BCUT2D eigenvalue weighted by Gasteiger charge is -2.13. The summed E-state index contributed by atoms with van der Waals surface area (Å²) in [4.78, 5) is 22.9. The lowest BCUT2D eigenvalue weighted by molar-refractivity contribution is 0.0290. The zero-order valence-corrected chi connectivity index (χ0v) is 13.8. The third-order valence-electron chi connectivity index (χ3n) is 2.58. The summed E-state index contributed by atoms with van der Waals surface area (Å²) in [6.45, 7) is 2.03. The fourth-order valence-electron chi connectivity index (χ4n) is 1.54. The van der Waals surface area contributed by atoms with Crippen LogP contribution in [0.2, 0.25) is 0 Å². The molecule has 2 atom stereocenters. The van der Waals surface area contributed by atoms with Crippen LogP contribution in [-0.2, 0) is 19.6 Å². The highest BCUT2D eigenvalue weighted by molar-refractivity contribution is 7.85. The average Bonchev–Trinajstić information content (AvgIpc) is 2.48. The first-order chi connectivity index (χ1) is 11.0. The quantitative estimate of drug-likeness (QED) is 0.491. The van der Waals surface area contributed by atoms with Gasteiger partial charge in [0, 0.05) is 0 Å². The minimum absolute atomic E-state index is 0.352. The first kappa shape index (κ1) is 20.0. The van der Waals surface area contributed by atoms with Crippen molar-refractivity contribution in [1.29, 1.82) is 0 Å². The normalized spacial score (nSPS) is 13.9. The molecule has 0 amide bonds.